The number of hydrogen-bond donors (Lipinski definition) is 1. The van der Waals surface area contributed by atoms with Crippen molar-refractivity contribution in [2.24, 2.45) is 0 Å². The third kappa shape index (κ3) is 3.64. The fraction of sp³-hybridized carbons (Fsp3) is 0.438. The van der Waals surface area contributed by atoms with Gasteiger partial charge in [0.25, 0.3) is 0 Å². The number of benzene rings is 1. The molecule has 0 radical (unpaired) electrons. The van der Waals surface area contributed by atoms with Crippen molar-refractivity contribution in [3.8, 4) is 0 Å². The van der Waals surface area contributed by atoms with Crippen LogP contribution in [0.25, 0.3) is 0 Å². The Morgan fingerprint density at radius 2 is 1.84 bits per heavy atom. The molecule has 1 aromatic carbocycles. The molecule has 0 amide bonds. The van der Waals surface area contributed by atoms with Crippen LogP contribution in [-0.2, 0) is 0 Å². The van der Waals surface area contributed by atoms with Crippen molar-refractivity contribution < 1.29 is 0 Å². The summed E-state index contributed by atoms with van der Waals surface area (Å²) in [5.74, 6) is 0. The molecule has 2 nitrogen and oxygen atoms in total. The lowest BCUT2D eigenvalue weighted by Gasteiger charge is -2.18. The summed E-state index contributed by atoms with van der Waals surface area (Å²) in [5.41, 5.74) is 3.98. The summed E-state index contributed by atoms with van der Waals surface area (Å²) >= 11 is 1.78. The van der Waals surface area contributed by atoms with Crippen LogP contribution in [0.2, 0.25) is 0 Å². The molecule has 1 N–H and O–H groups in total. The third-order valence-electron chi connectivity index (χ3n) is 3.10. The molecule has 102 valence electrons. The van der Waals surface area contributed by atoms with Gasteiger partial charge in [0.1, 0.15) is 0 Å². The number of rotatable bonds is 5. The van der Waals surface area contributed by atoms with Crippen LogP contribution >= 0.6 is 11.3 Å². The smallest absolute Gasteiger partial charge is 0.0897 e. The highest BCUT2D eigenvalue weighted by Crippen LogP contribution is 2.28. The standard InChI is InChI=1S/C16H22N2S/c1-5-6-17-16(15-10-18-13(4)19-15)14-8-11(2)7-12(3)9-14/h7-10,16-17H,5-6H2,1-4H3. The number of nitrogens with zero attached hydrogens (tertiary/aromatic N) is 1. The molecule has 1 heterocycles. The normalized spacial score (nSPS) is 12.6. The Labute approximate surface area is 119 Å². The fourth-order valence-electron chi connectivity index (χ4n) is 2.36. The maximum absolute atomic E-state index is 4.39. The van der Waals surface area contributed by atoms with Gasteiger partial charge in [-0.25, -0.2) is 4.98 Å². The van der Waals surface area contributed by atoms with Crippen molar-refractivity contribution in [3.05, 3.63) is 51.0 Å². The zero-order chi connectivity index (χ0) is 13.8. The van der Waals surface area contributed by atoms with Crippen LogP contribution < -0.4 is 5.32 Å². The first-order chi connectivity index (χ1) is 9.10. The Kier molecular flexibility index (Phi) is 4.72. The highest BCUT2D eigenvalue weighted by Gasteiger charge is 2.16. The Morgan fingerprint density at radius 1 is 1.16 bits per heavy atom. The van der Waals surface area contributed by atoms with E-state index in [-0.39, 0.29) is 6.04 Å². The molecule has 0 saturated heterocycles. The number of thiazole rings is 1. The lowest BCUT2D eigenvalue weighted by molar-refractivity contribution is 0.604. The van der Waals surface area contributed by atoms with E-state index in [2.05, 4.69) is 56.2 Å². The van der Waals surface area contributed by atoms with Crippen LogP contribution in [0.5, 0.6) is 0 Å². The first-order valence-electron chi connectivity index (χ1n) is 6.84. The first-order valence-corrected chi connectivity index (χ1v) is 7.65. The van der Waals surface area contributed by atoms with Crippen molar-refractivity contribution in [1.82, 2.24) is 10.3 Å². The van der Waals surface area contributed by atoms with E-state index in [1.54, 1.807) is 11.3 Å². The van der Waals surface area contributed by atoms with Crippen molar-refractivity contribution in [3.63, 3.8) is 0 Å². The molecule has 1 atom stereocenters. The summed E-state index contributed by atoms with van der Waals surface area (Å²) in [6.45, 7) is 9.60. The quantitative estimate of drug-likeness (QED) is 0.885. The average molecular weight is 274 g/mol. The second-order valence-electron chi connectivity index (χ2n) is 5.09. The fourth-order valence-corrected chi connectivity index (χ4v) is 3.25. The number of hydrogen-bond acceptors (Lipinski definition) is 3. The summed E-state index contributed by atoms with van der Waals surface area (Å²) < 4.78 is 0. The van der Waals surface area contributed by atoms with Gasteiger partial charge in [0, 0.05) is 11.1 Å². The largest absolute Gasteiger partial charge is 0.306 e. The van der Waals surface area contributed by atoms with Crippen molar-refractivity contribution >= 4 is 11.3 Å². The number of nitrogens with one attached hydrogen (secondary N) is 1. The van der Waals surface area contributed by atoms with Crippen LogP contribution in [0.15, 0.2) is 24.4 Å². The monoisotopic (exact) mass is 274 g/mol. The lowest BCUT2D eigenvalue weighted by atomic mass is 10.0. The van der Waals surface area contributed by atoms with Gasteiger partial charge in [-0.1, -0.05) is 36.2 Å². The summed E-state index contributed by atoms with van der Waals surface area (Å²) in [7, 11) is 0. The van der Waals surface area contributed by atoms with E-state index in [9.17, 15) is 0 Å². The van der Waals surface area contributed by atoms with Gasteiger partial charge in [0.05, 0.1) is 11.0 Å². The summed E-state index contributed by atoms with van der Waals surface area (Å²) in [5, 5.41) is 4.77. The van der Waals surface area contributed by atoms with Gasteiger partial charge < -0.3 is 5.32 Å². The molecular formula is C16H22N2S. The second kappa shape index (κ2) is 6.31. The van der Waals surface area contributed by atoms with Crippen molar-refractivity contribution in [1.29, 1.82) is 0 Å². The van der Waals surface area contributed by atoms with E-state index >= 15 is 0 Å². The van der Waals surface area contributed by atoms with Crippen LogP contribution in [0.4, 0.5) is 0 Å². The predicted molar refractivity (Wildman–Crippen MR) is 82.9 cm³/mol. The second-order valence-corrected chi connectivity index (χ2v) is 6.36. The van der Waals surface area contributed by atoms with Gasteiger partial charge >= 0.3 is 0 Å². The lowest BCUT2D eigenvalue weighted by Crippen LogP contribution is -2.22. The molecular weight excluding hydrogens is 252 g/mol. The van der Waals surface area contributed by atoms with Gasteiger partial charge in [-0.3, -0.25) is 0 Å². The Bertz CT molecular complexity index is 525. The minimum absolute atomic E-state index is 0.268. The van der Waals surface area contributed by atoms with Crippen LogP contribution in [0.1, 0.15) is 46.0 Å². The number of aryl methyl sites for hydroxylation is 3. The predicted octanol–water partition coefficient (Wildman–Crippen LogP) is 4.16. The summed E-state index contributed by atoms with van der Waals surface area (Å²) in [6, 6.07) is 7.04. The highest BCUT2D eigenvalue weighted by molar-refractivity contribution is 7.11. The van der Waals surface area contributed by atoms with Gasteiger partial charge in [-0.2, -0.15) is 0 Å². The van der Waals surface area contributed by atoms with Crippen molar-refractivity contribution in [2.75, 3.05) is 6.54 Å². The Hall–Kier alpha value is -1.19. The Balaban J connectivity index is 2.36. The number of aromatic nitrogens is 1. The SMILES string of the molecule is CCCNC(c1cc(C)cc(C)c1)c1cnc(C)s1. The van der Waals surface area contributed by atoms with E-state index in [4.69, 9.17) is 0 Å². The molecule has 2 aromatic rings. The van der Waals surface area contributed by atoms with E-state index in [0.717, 1.165) is 18.0 Å². The van der Waals surface area contributed by atoms with Gasteiger partial charge in [0.2, 0.25) is 0 Å². The van der Waals surface area contributed by atoms with E-state index < -0.39 is 0 Å². The minimum Gasteiger partial charge on any atom is -0.306 e. The van der Waals surface area contributed by atoms with Crippen LogP contribution in [0, 0.1) is 20.8 Å². The summed E-state index contributed by atoms with van der Waals surface area (Å²) in [6.07, 6.45) is 3.14. The summed E-state index contributed by atoms with van der Waals surface area (Å²) in [4.78, 5) is 5.70. The molecule has 0 aliphatic carbocycles. The van der Waals surface area contributed by atoms with Crippen LogP contribution in [-0.4, -0.2) is 11.5 Å². The first kappa shape index (κ1) is 14.2. The molecule has 1 unspecified atom stereocenters. The van der Waals surface area contributed by atoms with Gasteiger partial charge in [-0.05, 0) is 39.3 Å². The molecule has 0 aliphatic rings. The third-order valence-corrected chi connectivity index (χ3v) is 4.08. The average Bonchev–Trinajstić information content (AvgIpc) is 2.75. The van der Waals surface area contributed by atoms with Crippen LogP contribution in [0.3, 0.4) is 0 Å². The maximum atomic E-state index is 4.39. The molecule has 0 aliphatic heterocycles. The molecule has 0 bridgehead atoms. The molecule has 0 spiro atoms. The Morgan fingerprint density at radius 3 is 2.37 bits per heavy atom. The zero-order valence-electron chi connectivity index (χ0n) is 12.2. The van der Waals surface area contributed by atoms with E-state index in [0.29, 0.717) is 0 Å². The van der Waals surface area contributed by atoms with E-state index in [1.165, 1.54) is 21.6 Å². The topological polar surface area (TPSA) is 24.9 Å². The van der Waals surface area contributed by atoms with E-state index in [1.807, 2.05) is 6.20 Å². The molecule has 0 fully saturated rings. The minimum atomic E-state index is 0.268. The molecule has 2 rings (SSSR count). The molecule has 3 heteroatoms. The molecule has 19 heavy (non-hydrogen) atoms. The molecule has 1 aromatic heterocycles. The highest BCUT2D eigenvalue weighted by atomic mass is 32.1. The van der Waals surface area contributed by atoms with Gasteiger partial charge in [0.15, 0.2) is 0 Å². The van der Waals surface area contributed by atoms with Crippen molar-refractivity contribution in [2.45, 2.75) is 40.2 Å². The molecule has 0 saturated carbocycles. The zero-order valence-corrected chi connectivity index (χ0v) is 13.0. The maximum Gasteiger partial charge on any atom is 0.0897 e. The van der Waals surface area contributed by atoms with Gasteiger partial charge in [-0.15, -0.1) is 11.3 Å².